The fourth-order valence-corrected chi connectivity index (χ4v) is 3.93. The van der Waals surface area contributed by atoms with Crippen molar-refractivity contribution >= 4 is 29.1 Å². The van der Waals surface area contributed by atoms with Gasteiger partial charge in [-0.2, -0.15) is 0 Å². The summed E-state index contributed by atoms with van der Waals surface area (Å²) < 4.78 is 5.20. The summed E-state index contributed by atoms with van der Waals surface area (Å²) in [7, 11) is 1.47. The van der Waals surface area contributed by atoms with Crippen LogP contribution in [0.15, 0.2) is 72.6 Å². The lowest BCUT2D eigenvalue weighted by atomic mass is 9.95. The van der Waals surface area contributed by atoms with Crippen molar-refractivity contribution in [3.05, 3.63) is 94.3 Å². The number of benzene rings is 2. The first kappa shape index (κ1) is 21.4. The van der Waals surface area contributed by atoms with Gasteiger partial charge in [0, 0.05) is 24.5 Å². The molecular weight excluding hydrogens is 432 g/mol. The molecule has 1 amide bonds. The molecule has 0 spiro atoms. The first-order valence-corrected chi connectivity index (χ1v) is 10.1. The molecule has 0 radical (unpaired) electrons. The number of nitrogens with zero attached hydrogens (tertiary/aromatic N) is 2. The van der Waals surface area contributed by atoms with E-state index in [9.17, 15) is 19.8 Å². The molecule has 1 aliphatic rings. The predicted octanol–water partition coefficient (Wildman–Crippen LogP) is 4.07. The number of pyridine rings is 1. The van der Waals surface area contributed by atoms with E-state index in [2.05, 4.69) is 4.98 Å². The summed E-state index contributed by atoms with van der Waals surface area (Å²) in [5, 5.41) is 21.4. The second kappa shape index (κ2) is 8.72. The molecule has 1 fully saturated rings. The first-order valence-electron chi connectivity index (χ1n) is 9.71. The lowest BCUT2D eigenvalue weighted by Crippen LogP contribution is -2.29. The highest BCUT2D eigenvalue weighted by molar-refractivity contribution is 6.47. The number of aliphatic hydroxyl groups excluding tert-OH is 1. The molecule has 32 heavy (non-hydrogen) atoms. The second-order valence-corrected chi connectivity index (χ2v) is 7.63. The number of halogens is 1. The Morgan fingerprint density at radius 1 is 1.12 bits per heavy atom. The number of carbonyl (C=O) groups excluding carboxylic acids is 2. The molecule has 1 unspecified atom stereocenters. The lowest BCUT2D eigenvalue weighted by Gasteiger charge is -2.25. The molecule has 8 heteroatoms. The van der Waals surface area contributed by atoms with Gasteiger partial charge in [0.1, 0.15) is 17.3 Å². The molecule has 0 saturated carbocycles. The van der Waals surface area contributed by atoms with Gasteiger partial charge in [-0.3, -0.25) is 14.6 Å². The van der Waals surface area contributed by atoms with Gasteiger partial charge in [0.15, 0.2) is 0 Å². The van der Waals surface area contributed by atoms with Crippen LogP contribution < -0.4 is 4.74 Å². The van der Waals surface area contributed by atoms with E-state index in [4.69, 9.17) is 16.3 Å². The van der Waals surface area contributed by atoms with Gasteiger partial charge in [0.25, 0.3) is 11.7 Å². The number of ketones is 1. The molecule has 1 aliphatic heterocycles. The zero-order valence-electron chi connectivity index (χ0n) is 17.0. The number of methoxy groups -OCH3 is 1. The zero-order valence-corrected chi connectivity index (χ0v) is 17.8. The van der Waals surface area contributed by atoms with Crippen LogP contribution in [0, 0.1) is 0 Å². The van der Waals surface area contributed by atoms with Gasteiger partial charge in [-0.1, -0.05) is 23.7 Å². The summed E-state index contributed by atoms with van der Waals surface area (Å²) in [4.78, 5) is 31.5. The number of hydrogen-bond donors (Lipinski definition) is 2. The van der Waals surface area contributed by atoms with Crippen LogP contribution in [-0.4, -0.2) is 38.9 Å². The normalized spacial score (nSPS) is 17.6. The number of hydrogen-bond acceptors (Lipinski definition) is 6. The van der Waals surface area contributed by atoms with E-state index in [-0.39, 0.29) is 28.5 Å². The monoisotopic (exact) mass is 450 g/mol. The first-order chi connectivity index (χ1) is 15.4. The van der Waals surface area contributed by atoms with E-state index >= 15 is 0 Å². The van der Waals surface area contributed by atoms with E-state index in [0.29, 0.717) is 11.3 Å². The summed E-state index contributed by atoms with van der Waals surface area (Å²) in [5.41, 5.74) is 1.27. The van der Waals surface area contributed by atoms with Crippen LogP contribution in [0.5, 0.6) is 11.5 Å². The number of aliphatic hydroxyl groups is 1. The Labute approximate surface area is 189 Å². The van der Waals surface area contributed by atoms with Crippen molar-refractivity contribution in [3.63, 3.8) is 0 Å². The zero-order chi connectivity index (χ0) is 22.8. The van der Waals surface area contributed by atoms with E-state index in [1.54, 1.807) is 42.7 Å². The molecule has 2 aromatic carbocycles. The topological polar surface area (TPSA) is 100.0 Å². The highest BCUT2D eigenvalue weighted by Crippen LogP contribution is 2.42. The Bertz CT molecular complexity index is 1230. The van der Waals surface area contributed by atoms with Crippen LogP contribution >= 0.6 is 11.6 Å². The maximum absolute atomic E-state index is 13.1. The molecule has 1 aromatic heterocycles. The Balaban J connectivity index is 1.91. The van der Waals surface area contributed by atoms with Crippen molar-refractivity contribution < 1.29 is 24.5 Å². The van der Waals surface area contributed by atoms with Crippen LogP contribution in [0.4, 0.5) is 0 Å². The van der Waals surface area contributed by atoms with Crippen molar-refractivity contribution in [1.82, 2.24) is 9.88 Å². The van der Waals surface area contributed by atoms with Gasteiger partial charge in [0.2, 0.25) is 0 Å². The molecule has 2 N–H and O–H groups in total. The number of aromatic nitrogens is 1. The number of ether oxygens (including phenoxy) is 1. The number of amides is 1. The number of rotatable bonds is 5. The van der Waals surface area contributed by atoms with Gasteiger partial charge >= 0.3 is 0 Å². The fraction of sp³-hybridized carbons (Fsp3) is 0.125. The minimum Gasteiger partial charge on any atom is -0.508 e. The summed E-state index contributed by atoms with van der Waals surface area (Å²) in [6, 6.07) is 13.4. The molecule has 4 rings (SSSR count). The molecule has 7 nitrogen and oxygen atoms in total. The molecule has 1 saturated heterocycles. The standard InChI is InChI=1S/C24H19ClN2O5/c1-32-17-5-6-19(25)18(12-17)22(29)20-21(15-3-2-4-16(28)11-15)27(24(31)23(20)30)13-14-7-9-26-10-8-14/h2-12,21,28-29H,13H2,1H3/b22-20+. The highest BCUT2D eigenvalue weighted by Gasteiger charge is 2.46. The van der Waals surface area contributed by atoms with Crippen LogP contribution in [0.2, 0.25) is 5.02 Å². The number of likely N-dealkylation sites (tertiary alicyclic amines) is 1. The van der Waals surface area contributed by atoms with Crippen LogP contribution in [0.3, 0.4) is 0 Å². The molecular formula is C24H19ClN2O5. The van der Waals surface area contributed by atoms with E-state index in [0.717, 1.165) is 5.56 Å². The molecule has 1 atom stereocenters. The average molecular weight is 451 g/mol. The fourth-order valence-electron chi connectivity index (χ4n) is 3.73. The highest BCUT2D eigenvalue weighted by atomic mass is 35.5. The van der Waals surface area contributed by atoms with Crippen molar-refractivity contribution in [2.45, 2.75) is 12.6 Å². The minimum absolute atomic E-state index is 0.0311. The summed E-state index contributed by atoms with van der Waals surface area (Å²) in [5.74, 6) is -1.63. The number of aromatic hydroxyl groups is 1. The van der Waals surface area contributed by atoms with Crippen molar-refractivity contribution in [2.24, 2.45) is 0 Å². The predicted molar refractivity (Wildman–Crippen MR) is 118 cm³/mol. The van der Waals surface area contributed by atoms with E-state index < -0.39 is 23.5 Å². The molecule has 2 heterocycles. The van der Waals surface area contributed by atoms with Crippen LogP contribution in [-0.2, 0) is 16.1 Å². The Morgan fingerprint density at radius 2 is 1.88 bits per heavy atom. The summed E-state index contributed by atoms with van der Waals surface area (Å²) in [6.45, 7) is 0.107. The molecule has 3 aromatic rings. The number of phenolic OH excluding ortho intramolecular Hbond substituents is 1. The molecule has 0 bridgehead atoms. The largest absolute Gasteiger partial charge is 0.508 e. The number of Topliss-reactive ketones (excluding diaryl/α,β-unsaturated/α-hetero) is 1. The maximum Gasteiger partial charge on any atom is 0.295 e. The van der Waals surface area contributed by atoms with Gasteiger partial charge in [0.05, 0.1) is 23.7 Å². The summed E-state index contributed by atoms with van der Waals surface area (Å²) >= 11 is 6.29. The SMILES string of the molecule is COc1ccc(Cl)c(/C(O)=C2\C(=O)C(=O)N(Cc3ccncc3)C2c2cccc(O)c2)c1. The second-order valence-electron chi connectivity index (χ2n) is 7.22. The van der Waals surface area contributed by atoms with E-state index in [1.807, 2.05) is 0 Å². The van der Waals surface area contributed by atoms with Crippen LogP contribution in [0.1, 0.15) is 22.7 Å². The third kappa shape index (κ3) is 3.90. The third-order valence-corrected chi connectivity index (χ3v) is 5.59. The van der Waals surface area contributed by atoms with Crippen molar-refractivity contribution in [1.29, 1.82) is 0 Å². The lowest BCUT2D eigenvalue weighted by molar-refractivity contribution is -0.140. The van der Waals surface area contributed by atoms with Gasteiger partial charge in [-0.25, -0.2) is 0 Å². The Hall–Kier alpha value is -3.84. The number of carbonyl (C=O) groups is 2. The van der Waals surface area contributed by atoms with Crippen LogP contribution in [0.25, 0.3) is 5.76 Å². The average Bonchev–Trinajstić information content (AvgIpc) is 3.04. The molecule has 0 aliphatic carbocycles. The van der Waals surface area contributed by atoms with Gasteiger partial charge < -0.3 is 19.8 Å². The number of phenols is 1. The smallest absolute Gasteiger partial charge is 0.295 e. The van der Waals surface area contributed by atoms with Gasteiger partial charge in [-0.15, -0.1) is 0 Å². The Kier molecular flexibility index (Phi) is 5.83. The quantitative estimate of drug-likeness (QED) is 0.345. The summed E-state index contributed by atoms with van der Waals surface area (Å²) in [6.07, 6.45) is 3.18. The van der Waals surface area contributed by atoms with Crippen molar-refractivity contribution in [3.8, 4) is 11.5 Å². The minimum atomic E-state index is -0.933. The third-order valence-electron chi connectivity index (χ3n) is 5.26. The Morgan fingerprint density at radius 3 is 2.56 bits per heavy atom. The van der Waals surface area contributed by atoms with E-state index in [1.165, 1.54) is 36.3 Å². The van der Waals surface area contributed by atoms with Crippen molar-refractivity contribution in [2.75, 3.05) is 7.11 Å². The van der Waals surface area contributed by atoms with Gasteiger partial charge in [-0.05, 0) is 53.6 Å². The molecule has 162 valence electrons. The maximum atomic E-state index is 13.1.